The summed E-state index contributed by atoms with van der Waals surface area (Å²) in [7, 11) is 1.36. The number of methoxy groups -OCH3 is 1. The molecule has 1 saturated carbocycles. The number of aliphatic hydroxyl groups is 1. The molecule has 0 bridgehead atoms. The molecule has 1 fully saturated rings. The number of carbonyl (C=O) groups is 2. The molecule has 1 aliphatic rings. The summed E-state index contributed by atoms with van der Waals surface area (Å²) in [6.45, 7) is 7.00. The minimum atomic E-state index is -5.37. The minimum absolute atomic E-state index is 0.0310. The Labute approximate surface area is 285 Å². The van der Waals surface area contributed by atoms with Gasteiger partial charge in [-0.05, 0) is 93.3 Å². The van der Waals surface area contributed by atoms with Crippen LogP contribution in [0.25, 0.3) is 11.3 Å². The van der Waals surface area contributed by atoms with Gasteiger partial charge in [0.25, 0.3) is 5.91 Å². The molecule has 0 aliphatic heterocycles. The van der Waals surface area contributed by atoms with Crippen molar-refractivity contribution in [1.29, 1.82) is 0 Å². The molecule has 4 rings (SSSR count). The van der Waals surface area contributed by atoms with E-state index in [1.54, 1.807) is 19.1 Å². The van der Waals surface area contributed by atoms with Gasteiger partial charge in [-0.15, -0.1) is 0 Å². The van der Waals surface area contributed by atoms with E-state index in [1.807, 2.05) is 0 Å². The van der Waals surface area contributed by atoms with Gasteiger partial charge in [0.1, 0.15) is 12.4 Å². The molecule has 14 heteroatoms. The van der Waals surface area contributed by atoms with Gasteiger partial charge in [-0.2, -0.15) is 13.2 Å². The molecule has 0 saturated heterocycles. The van der Waals surface area contributed by atoms with Crippen molar-refractivity contribution < 1.29 is 46.5 Å². The van der Waals surface area contributed by atoms with Crippen LogP contribution in [0.3, 0.4) is 0 Å². The number of nitrogens with zero attached hydrogens (tertiary/aromatic N) is 1. The first-order valence-electron chi connectivity index (χ1n) is 15.1. The average molecular weight is 706 g/mol. The third-order valence-electron chi connectivity index (χ3n) is 7.61. The van der Waals surface area contributed by atoms with Crippen molar-refractivity contribution in [3.05, 3.63) is 100 Å². The summed E-state index contributed by atoms with van der Waals surface area (Å²) in [5.41, 5.74) is -5.58. The van der Waals surface area contributed by atoms with Gasteiger partial charge in [0, 0.05) is 11.1 Å². The lowest BCUT2D eigenvalue weighted by molar-refractivity contribution is -0.265. The van der Waals surface area contributed by atoms with E-state index in [0.717, 1.165) is 31.0 Å². The maximum atomic E-state index is 14.8. The molecule has 1 atom stereocenters. The fourth-order valence-corrected chi connectivity index (χ4v) is 4.81. The van der Waals surface area contributed by atoms with Gasteiger partial charge >= 0.3 is 12.3 Å². The summed E-state index contributed by atoms with van der Waals surface area (Å²) in [5.74, 6) is -1.12. The molecule has 0 radical (unpaired) electrons. The fraction of sp³-hybridized carbons (Fsp3) is 0.343. The van der Waals surface area contributed by atoms with E-state index in [1.165, 1.54) is 51.3 Å². The minimum Gasteiger partial charge on any atom is -0.493 e. The Hall–Kier alpha value is -4.62. The van der Waals surface area contributed by atoms with E-state index in [4.69, 9.17) is 25.8 Å². The number of hydrogen-bond donors (Lipinski definition) is 3. The number of rotatable bonds is 13. The van der Waals surface area contributed by atoms with Gasteiger partial charge < -0.3 is 30.0 Å². The van der Waals surface area contributed by atoms with E-state index >= 15 is 0 Å². The number of carbonyl (C=O) groups excluding carboxylic acids is 2. The van der Waals surface area contributed by atoms with Gasteiger partial charge in [0.15, 0.2) is 11.5 Å². The highest BCUT2D eigenvalue weighted by atomic mass is 35.5. The first kappa shape index (κ1) is 37.2. The predicted octanol–water partition coefficient (Wildman–Crippen LogP) is 7.36. The zero-order valence-electron chi connectivity index (χ0n) is 27.2. The molecule has 3 aromatic rings. The third-order valence-corrected chi connectivity index (χ3v) is 7.90. The molecule has 3 N–H and O–H groups in total. The Balaban J connectivity index is 1.71. The van der Waals surface area contributed by atoms with E-state index in [0.29, 0.717) is 11.3 Å². The summed E-state index contributed by atoms with van der Waals surface area (Å²) in [5, 5.41) is 15.8. The standard InChI is InChI=1S/C35H36ClF4N3O6/c1-6-7-20(2)18-48-32(45)43-33(3,4)23-16-27(21-8-12-26(37)25(36)14-21)42-30(17-23)34(46,35(38,39)40)19-41-31(44)22-9-13-28(29(15-22)47-5)49-24-10-11-24/h6-9,12-17,24,46H,2,10-11,18-19H2,1,3-5H3,(H,41,44)(H,43,45)/b7-6-. The molecule has 49 heavy (non-hydrogen) atoms. The van der Waals surface area contributed by atoms with Crippen LogP contribution >= 0.6 is 11.6 Å². The highest BCUT2D eigenvalue weighted by Crippen LogP contribution is 2.41. The topological polar surface area (TPSA) is 119 Å². The number of pyridine rings is 1. The quantitative estimate of drug-likeness (QED) is 0.126. The van der Waals surface area contributed by atoms with Crippen LogP contribution < -0.4 is 20.1 Å². The molecular weight excluding hydrogens is 670 g/mol. The number of alkyl halides is 3. The van der Waals surface area contributed by atoms with Crippen LogP contribution in [0.15, 0.2) is 72.8 Å². The molecule has 2 amide bonds. The number of halogens is 5. The van der Waals surface area contributed by atoms with E-state index < -0.39 is 47.4 Å². The largest absolute Gasteiger partial charge is 0.493 e. The van der Waals surface area contributed by atoms with Gasteiger partial charge in [0.2, 0.25) is 5.60 Å². The number of alkyl carbamates (subject to hydrolysis) is 1. The van der Waals surface area contributed by atoms with Crippen molar-refractivity contribution >= 4 is 23.6 Å². The Morgan fingerprint density at radius 3 is 2.43 bits per heavy atom. The maximum absolute atomic E-state index is 14.8. The van der Waals surface area contributed by atoms with E-state index in [2.05, 4.69) is 22.2 Å². The molecular formula is C35H36ClF4N3O6. The monoisotopic (exact) mass is 705 g/mol. The molecule has 9 nitrogen and oxygen atoms in total. The summed E-state index contributed by atoms with van der Waals surface area (Å²) >= 11 is 5.97. The fourth-order valence-electron chi connectivity index (χ4n) is 4.63. The SMILES string of the molecule is C=C(/C=C\C)COC(=O)NC(C)(C)c1cc(-c2ccc(F)c(Cl)c2)nc(C(O)(CNC(=O)c2ccc(OC3CC3)c(OC)c2)C(F)(F)F)c1. The second-order valence-corrected chi connectivity index (χ2v) is 12.4. The Kier molecular flexibility index (Phi) is 11.3. The van der Waals surface area contributed by atoms with Crippen LogP contribution in [0.1, 0.15) is 55.2 Å². The second-order valence-electron chi connectivity index (χ2n) is 12.0. The zero-order valence-corrected chi connectivity index (χ0v) is 28.0. The zero-order chi connectivity index (χ0) is 36.1. The number of benzene rings is 2. The summed E-state index contributed by atoms with van der Waals surface area (Å²) in [4.78, 5) is 29.9. The van der Waals surface area contributed by atoms with Crippen molar-refractivity contribution in [2.24, 2.45) is 0 Å². The van der Waals surface area contributed by atoms with E-state index in [-0.39, 0.29) is 45.9 Å². The van der Waals surface area contributed by atoms with Gasteiger partial charge in [-0.3, -0.25) is 4.79 Å². The lowest BCUT2D eigenvalue weighted by Crippen LogP contribution is -2.52. The summed E-state index contributed by atoms with van der Waals surface area (Å²) in [6, 6.07) is 9.89. The van der Waals surface area contributed by atoms with Crippen molar-refractivity contribution in [2.75, 3.05) is 20.3 Å². The average Bonchev–Trinajstić information content (AvgIpc) is 3.87. The molecule has 2 aromatic carbocycles. The molecule has 1 aromatic heterocycles. The van der Waals surface area contributed by atoms with Crippen LogP contribution in [0.2, 0.25) is 5.02 Å². The molecule has 0 spiro atoms. The first-order chi connectivity index (χ1) is 23.0. The smallest absolute Gasteiger partial charge is 0.424 e. The third kappa shape index (κ3) is 9.09. The first-order valence-corrected chi connectivity index (χ1v) is 15.5. The molecule has 1 heterocycles. The van der Waals surface area contributed by atoms with Crippen molar-refractivity contribution in [3.8, 4) is 22.8 Å². The summed E-state index contributed by atoms with van der Waals surface area (Å²) in [6.07, 6.45) is -1.15. The number of nitrogens with one attached hydrogen (secondary N) is 2. The molecule has 262 valence electrons. The van der Waals surface area contributed by atoms with E-state index in [9.17, 15) is 32.3 Å². The number of hydrogen-bond acceptors (Lipinski definition) is 7. The van der Waals surface area contributed by atoms with Crippen LogP contribution in [0, 0.1) is 5.82 Å². The lowest BCUT2D eigenvalue weighted by Gasteiger charge is -2.33. The highest BCUT2D eigenvalue weighted by molar-refractivity contribution is 6.31. The van der Waals surface area contributed by atoms with Crippen molar-refractivity contribution in [1.82, 2.24) is 15.6 Å². The summed E-state index contributed by atoms with van der Waals surface area (Å²) < 4.78 is 74.7. The number of amides is 2. The predicted molar refractivity (Wildman–Crippen MR) is 175 cm³/mol. The van der Waals surface area contributed by atoms with Crippen LogP contribution in [-0.4, -0.2) is 54.6 Å². The van der Waals surface area contributed by atoms with Crippen LogP contribution in [0.4, 0.5) is 22.4 Å². The van der Waals surface area contributed by atoms with Gasteiger partial charge in [-0.1, -0.05) is 30.3 Å². The number of ether oxygens (including phenoxy) is 3. The van der Waals surface area contributed by atoms with Gasteiger partial charge in [-0.25, -0.2) is 14.2 Å². The normalized spacial score (nSPS) is 14.6. The molecule has 1 unspecified atom stereocenters. The van der Waals surface area contributed by atoms with Crippen molar-refractivity contribution in [3.63, 3.8) is 0 Å². The Bertz CT molecular complexity index is 1760. The second kappa shape index (κ2) is 14.9. The van der Waals surface area contributed by atoms with Crippen LogP contribution in [-0.2, 0) is 15.9 Å². The van der Waals surface area contributed by atoms with Crippen LogP contribution in [0.5, 0.6) is 11.5 Å². The van der Waals surface area contributed by atoms with Crippen molar-refractivity contribution in [2.45, 2.75) is 57.0 Å². The Morgan fingerprint density at radius 2 is 1.82 bits per heavy atom. The number of aromatic nitrogens is 1. The Morgan fingerprint density at radius 1 is 1.10 bits per heavy atom. The highest BCUT2D eigenvalue weighted by Gasteiger charge is 2.56. The maximum Gasteiger partial charge on any atom is 0.424 e. The number of allylic oxidation sites excluding steroid dienone is 1. The molecule has 1 aliphatic carbocycles. The lowest BCUT2D eigenvalue weighted by atomic mass is 9.88. The van der Waals surface area contributed by atoms with Gasteiger partial charge in [0.05, 0.1) is 41.7 Å².